The SMILES string of the molecule is C/C(=C(/NCC(F)(F)F)c1ccccc1F)c1cccc2[nH]c(=O)cc(Cl)c12. The number of pyridine rings is 1. The molecule has 0 saturated heterocycles. The molecule has 0 unspecified atom stereocenters. The lowest BCUT2D eigenvalue weighted by molar-refractivity contribution is -0.122. The number of allylic oxidation sites excluding steroid dienone is 1. The van der Waals surface area contributed by atoms with Gasteiger partial charge >= 0.3 is 6.18 Å². The molecule has 146 valence electrons. The van der Waals surface area contributed by atoms with Crippen LogP contribution in [0.2, 0.25) is 5.02 Å². The first-order chi connectivity index (χ1) is 13.2. The molecule has 0 radical (unpaired) electrons. The van der Waals surface area contributed by atoms with Crippen LogP contribution in [0.15, 0.2) is 53.3 Å². The Kier molecular flexibility index (Phi) is 5.47. The molecule has 0 atom stereocenters. The monoisotopic (exact) mass is 410 g/mol. The van der Waals surface area contributed by atoms with Crippen molar-refractivity contribution in [1.29, 1.82) is 0 Å². The zero-order valence-corrected chi connectivity index (χ0v) is 15.4. The third kappa shape index (κ3) is 4.20. The average Bonchev–Trinajstić information content (AvgIpc) is 2.61. The second kappa shape index (κ2) is 7.67. The summed E-state index contributed by atoms with van der Waals surface area (Å²) < 4.78 is 52.8. The Morgan fingerprint density at radius 2 is 1.79 bits per heavy atom. The molecule has 8 heteroatoms. The van der Waals surface area contributed by atoms with Gasteiger partial charge in [-0.1, -0.05) is 35.9 Å². The number of hydrogen-bond donors (Lipinski definition) is 2. The molecular weight excluding hydrogens is 396 g/mol. The lowest BCUT2D eigenvalue weighted by atomic mass is 9.97. The van der Waals surface area contributed by atoms with Gasteiger partial charge in [-0.15, -0.1) is 0 Å². The molecule has 1 heterocycles. The minimum Gasteiger partial charge on any atom is -0.376 e. The number of hydrogen-bond acceptors (Lipinski definition) is 2. The molecule has 2 N–H and O–H groups in total. The van der Waals surface area contributed by atoms with Crippen LogP contribution in [0.3, 0.4) is 0 Å². The summed E-state index contributed by atoms with van der Waals surface area (Å²) in [6, 6.07) is 11.7. The van der Waals surface area contributed by atoms with Crippen molar-refractivity contribution in [1.82, 2.24) is 10.3 Å². The number of fused-ring (bicyclic) bond motifs is 1. The lowest BCUT2D eigenvalue weighted by Crippen LogP contribution is -2.28. The van der Waals surface area contributed by atoms with Gasteiger partial charge in [0.05, 0.1) is 10.5 Å². The number of rotatable bonds is 4. The number of benzene rings is 2. The predicted molar refractivity (Wildman–Crippen MR) is 103 cm³/mol. The first-order valence-corrected chi connectivity index (χ1v) is 8.63. The van der Waals surface area contributed by atoms with Crippen molar-refractivity contribution in [2.24, 2.45) is 0 Å². The van der Waals surface area contributed by atoms with Gasteiger partial charge in [-0.3, -0.25) is 4.79 Å². The molecule has 0 spiro atoms. The van der Waals surface area contributed by atoms with E-state index < -0.39 is 24.1 Å². The highest BCUT2D eigenvalue weighted by molar-refractivity contribution is 6.36. The van der Waals surface area contributed by atoms with E-state index in [1.165, 1.54) is 30.3 Å². The minimum atomic E-state index is -4.49. The molecule has 0 bridgehead atoms. The number of nitrogens with one attached hydrogen (secondary N) is 2. The summed E-state index contributed by atoms with van der Waals surface area (Å²) in [5, 5.41) is 2.92. The van der Waals surface area contributed by atoms with Crippen LogP contribution in [-0.2, 0) is 0 Å². The fourth-order valence-electron chi connectivity index (χ4n) is 3.00. The fraction of sp³-hybridized carbons (Fsp3) is 0.150. The third-order valence-electron chi connectivity index (χ3n) is 4.21. The summed E-state index contributed by atoms with van der Waals surface area (Å²) in [6.45, 7) is 0.241. The van der Waals surface area contributed by atoms with Gasteiger partial charge in [0.25, 0.3) is 0 Å². The molecule has 0 amide bonds. The molecule has 0 fully saturated rings. The van der Waals surface area contributed by atoms with Crippen molar-refractivity contribution < 1.29 is 17.6 Å². The van der Waals surface area contributed by atoms with Crippen LogP contribution in [0.1, 0.15) is 18.1 Å². The second-order valence-electron chi connectivity index (χ2n) is 6.16. The number of halogens is 5. The zero-order valence-electron chi connectivity index (χ0n) is 14.6. The van der Waals surface area contributed by atoms with Crippen LogP contribution < -0.4 is 10.9 Å². The van der Waals surface area contributed by atoms with Gasteiger partial charge in [0.15, 0.2) is 0 Å². The molecule has 3 nitrogen and oxygen atoms in total. The highest BCUT2D eigenvalue weighted by Crippen LogP contribution is 2.33. The zero-order chi connectivity index (χ0) is 20.5. The highest BCUT2D eigenvalue weighted by atomic mass is 35.5. The smallest absolute Gasteiger partial charge is 0.376 e. The van der Waals surface area contributed by atoms with E-state index in [0.717, 1.165) is 0 Å². The number of aromatic nitrogens is 1. The number of H-pyrrole nitrogens is 1. The number of alkyl halides is 3. The topological polar surface area (TPSA) is 44.9 Å². The average molecular weight is 411 g/mol. The van der Waals surface area contributed by atoms with Gasteiger partial charge < -0.3 is 10.3 Å². The summed E-state index contributed by atoms with van der Waals surface area (Å²) in [7, 11) is 0. The molecule has 0 aliphatic heterocycles. The van der Waals surface area contributed by atoms with Crippen molar-refractivity contribution >= 4 is 33.8 Å². The van der Waals surface area contributed by atoms with E-state index in [9.17, 15) is 22.4 Å². The van der Waals surface area contributed by atoms with E-state index in [0.29, 0.717) is 22.0 Å². The van der Waals surface area contributed by atoms with Gasteiger partial charge in [0, 0.05) is 22.7 Å². The van der Waals surface area contributed by atoms with E-state index in [-0.39, 0.29) is 16.3 Å². The molecule has 0 aliphatic carbocycles. The Bertz CT molecular complexity index is 1120. The van der Waals surface area contributed by atoms with E-state index in [1.54, 1.807) is 25.1 Å². The molecule has 0 saturated carbocycles. The van der Waals surface area contributed by atoms with Crippen molar-refractivity contribution in [2.75, 3.05) is 6.54 Å². The Hall–Kier alpha value is -2.80. The molecule has 2 aromatic carbocycles. The van der Waals surface area contributed by atoms with E-state index in [1.807, 2.05) is 0 Å². The lowest BCUT2D eigenvalue weighted by Gasteiger charge is -2.19. The van der Waals surface area contributed by atoms with Crippen LogP contribution in [-0.4, -0.2) is 17.7 Å². The van der Waals surface area contributed by atoms with Crippen molar-refractivity contribution in [2.45, 2.75) is 13.1 Å². The Morgan fingerprint density at radius 1 is 1.11 bits per heavy atom. The maximum atomic E-state index is 14.4. The Labute approximate surface area is 162 Å². The summed E-state index contributed by atoms with van der Waals surface area (Å²) in [6.07, 6.45) is -4.49. The standard InChI is InChI=1S/C20H15ClF4N2O/c1-11(12-6-4-8-16-18(12)14(21)9-17(28)27-16)19(26-10-20(23,24)25)13-5-2-3-7-15(13)22/h2-9,26H,10H2,1H3,(H,27,28)/b19-11-. The summed E-state index contributed by atoms with van der Waals surface area (Å²) in [5.74, 6) is -0.661. The summed E-state index contributed by atoms with van der Waals surface area (Å²) in [4.78, 5) is 14.3. The first kappa shape index (κ1) is 19.9. The molecule has 1 aromatic heterocycles. The molecule has 3 rings (SSSR count). The molecule has 3 aromatic rings. The summed E-state index contributed by atoms with van der Waals surface area (Å²) in [5.41, 5.74) is 0.853. The first-order valence-electron chi connectivity index (χ1n) is 8.25. The normalized spacial score (nSPS) is 12.8. The predicted octanol–water partition coefficient (Wildman–Crippen LogP) is 5.36. The maximum Gasteiger partial charge on any atom is 0.405 e. The van der Waals surface area contributed by atoms with Crippen LogP contribution in [0, 0.1) is 5.82 Å². The van der Waals surface area contributed by atoms with Crippen LogP contribution in [0.5, 0.6) is 0 Å². The van der Waals surface area contributed by atoms with Gasteiger partial charge in [0.2, 0.25) is 5.56 Å². The van der Waals surface area contributed by atoms with E-state index in [2.05, 4.69) is 10.3 Å². The van der Waals surface area contributed by atoms with Gasteiger partial charge in [-0.25, -0.2) is 4.39 Å². The van der Waals surface area contributed by atoms with Crippen molar-refractivity contribution in [3.63, 3.8) is 0 Å². The summed E-state index contributed by atoms with van der Waals surface area (Å²) >= 11 is 6.23. The molecular formula is C20H15ClF4N2O. The van der Waals surface area contributed by atoms with Crippen LogP contribution in [0.25, 0.3) is 22.2 Å². The quantitative estimate of drug-likeness (QED) is 0.449. The fourth-order valence-corrected chi connectivity index (χ4v) is 3.30. The van der Waals surface area contributed by atoms with Gasteiger partial charge in [-0.2, -0.15) is 13.2 Å². The molecule has 0 aliphatic rings. The van der Waals surface area contributed by atoms with Gasteiger partial charge in [0.1, 0.15) is 12.4 Å². The maximum absolute atomic E-state index is 14.4. The largest absolute Gasteiger partial charge is 0.405 e. The highest BCUT2D eigenvalue weighted by Gasteiger charge is 2.28. The van der Waals surface area contributed by atoms with Crippen LogP contribution in [0.4, 0.5) is 17.6 Å². The van der Waals surface area contributed by atoms with Gasteiger partial charge in [-0.05, 0) is 36.3 Å². The Balaban J connectivity index is 2.27. The molecule has 28 heavy (non-hydrogen) atoms. The van der Waals surface area contributed by atoms with E-state index in [4.69, 9.17) is 11.6 Å². The van der Waals surface area contributed by atoms with Crippen LogP contribution >= 0.6 is 11.6 Å². The minimum absolute atomic E-state index is 0.00167. The van der Waals surface area contributed by atoms with E-state index >= 15 is 0 Å². The third-order valence-corrected chi connectivity index (χ3v) is 4.50. The number of aromatic amines is 1. The second-order valence-corrected chi connectivity index (χ2v) is 6.57. The van der Waals surface area contributed by atoms with Crippen molar-refractivity contribution in [3.8, 4) is 0 Å². The van der Waals surface area contributed by atoms with Crippen molar-refractivity contribution in [3.05, 3.63) is 80.9 Å². The Morgan fingerprint density at radius 3 is 2.46 bits per heavy atom.